The highest BCUT2D eigenvalue weighted by Crippen LogP contribution is 2.30. The molecule has 0 spiro atoms. The van der Waals surface area contributed by atoms with Crippen molar-refractivity contribution in [3.63, 3.8) is 0 Å². The van der Waals surface area contributed by atoms with E-state index in [-0.39, 0.29) is 0 Å². The van der Waals surface area contributed by atoms with E-state index in [0.29, 0.717) is 17.4 Å². The lowest BCUT2D eigenvalue weighted by Gasteiger charge is -2.00. The van der Waals surface area contributed by atoms with Gasteiger partial charge in [0.1, 0.15) is 48.3 Å². The quantitative estimate of drug-likeness (QED) is 0.0570. The third-order valence-corrected chi connectivity index (χ3v) is 11.0. The minimum atomic E-state index is 0.454. The second-order valence-electron chi connectivity index (χ2n) is 13.6. The molecule has 4 aliphatic rings. The number of hydrazine groups is 1. The maximum atomic E-state index is 10.2. The molecule has 15 heteroatoms. The van der Waals surface area contributed by atoms with Crippen LogP contribution >= 0.6 is 47.8 Å². The standard InChI is InChI=1S/C10H12BrN3.C10H9BrN2.C10H11N3.C5H6BrN3.C5H8O/c11-9-6-3-7-10(12-9)14-13-8-4-1-2-5-8;2*11-9-5-4-7-6-2-1-3-8(6)12-10(7)13-9;6-4-2-1-3-5(8-4)9-7;6-5-3-1-2-4-5/h3,6-7H,1-2,4-5H2,(H,12,14);4-5H,1-3H2,(H,12,13);4-5H,1-3H2,(H3,11,12,13);1-3H,7H2,(H,8,9);1-4H2. The highest BCUT2D eigenvalue weighted by molar-refractivity contribution is 9.11. The summed E-state index contributed by atoms with van der Waals surface area (Å²) in [7, 11) is 0. The van der Waals surface area contributed by atoms with Gasteiger partial charge in [-0.3, -0.25) is 10.2 Å². The topological polar surface area (TPSA) is 189 Å². The molecule has 0 unspecified atom stereocenters. The number of carbonyl (C=O) groups excluding carboxylic acids is 1. The molecule has 2 fully saturated rings. The van der Waals surface area contributed by atoms with Gasteiger partial charge in [-0.05, 0) is 184 Å². The number of fused-ring (bicyclic) bond motifs is 6. The first kappa shape index (κ1) is 40.5. The van der Waals surface area contributed by atoms with Crippen LogP contribution in [0, 0.1) is 0 Å². The van der Waals surface area contributed by atoms with Crippen molar-refractivity contribution in [3.8, 4) is 0 Å². The molecule has 288 valence electrons. The second kappa shape index (κ2) is 20.1. The van der Waals surface area contributed by atoms with E-state index in [1.807, 2.05) is 42.5 Å². The largest absolute Gasteiger partial charge is 0.384 e. The summed E-state index contributed by atoms with van der Waals surface area (Å²) in [6.07, 6.45) is 16.0. The average Bonchev–Trinajstić information content (AvgIpc) is 4.03. The van der Waals surface area contributed by atoms with Crippen LogP contribution in [-0.4, -0.2) is 41.4 Å². The van der Waals surface area contributed by atoms with Crippen LogP contribution in [0.5, 0.6) is 0 Å². The molecular formula is C40H46Br3N11O. The van der Waals surface area contributed by atoms with E-state index in [1.54, 1.807) is 6.07 Å². The number of nitrogens with two attached hydrogens (primary N) is 2. The number of halogens is 3. The monoisotopic (exact) mass is 933 g/mol. The number of aromatic amines is 2. The zero-order valence-electron chi connectivity index (χ0n) is 30.6. The molecule has 0 amide bonds. The number of hydrogen-bond acceptors (Lipinski definition) is 10. The Hall–Kier alpha value is -4.18. The van der Waals surface area contributed by atoms with Crippen LogP contribution in [0.2, 0.25) is 0 Å². The molecule has 2 saturated carbocycles. The number of nitrogens with one attached hydrogen (secondary N) is 4. The first-order valence-corrected chi connectivity index (χ1v) is 21.1. The molecule has 4 aliphatic carbocycles. The molecule has 0 aromatic carbocycles. The molecule has 6 aromatic heterocycles. The molecule has 10 rings (SSSR count). The SMILES string of the molecule is Brc1ccc2c3c([nH]c2n1)CCC3.Brc1cccc(NN=C2CCCC2)n1.NNc1cccc(Br)n1.Nc1ccc2c3c([nH]c2n1)CCC3.O=C1CCCC1. The van der Waals surface area contributed by atoms with E-state index in [2.05, 4.69) is 106 Å². The summed E-state index contributed by atoms with van der Waals surface area (Å²) in [6, 6.07) is 19.3. The predicted molar refractivity (Wildman–Crippen MR) is 233 cm³/mol. The van der Waals surface area contributed by atoms with Crippen LogP contribution in [0.4, 0.5) is 17.5 Å². The predicted octanol–water partition coefficient (Wildman–Crippen LogP) is 9.89. The fourth-order valence-electron chi connectivity index (χ4n) is 6.99. The number of aromatic nitrogens is 6. The molecular weight excluding hydrogens is 890 g/mol. The molecule has 0 bridgehead atoms. The van der Waals surface area contributed by atoms with E-state index >= 15 is 0 Å². The normalized spacial score (nSPS) is 15.1. The molecule has 55 heavy (non-hydrogen) atoms. The van der Waals surface area contributed by atoms with Crippen molar-refractivity contribution in [2.24, 2.45) is 10.9 Å². The third kappa shape index (κ3) is 11.7. The van der Waals surface area contributed by atoms with Crippen molar-refractivity contribution in [1.29, 1.82) is 0 Å². The van der Waals surface area contributed by atoms with Gasteiger partial charge in [-0.1, -0.05) is 12.1 Å². The minimum absolute atomic E-state index is 0.454. The fourth-order valence-corrected chi connectivity index (χ4v) is 7.99. The number of aryl methyl sites for hydroxylation is 4. The fraction of sp³-hybridized carbons (Fsp3) is 0.350. The van der Waals surface area contributed by atoms with Crippen molar-refractivity contribution >= 4 is 98.8 Å². The number of anilines is 3. The number of pyridine rings is 4. The van der Waals surface area contributed by atoms with Gasteiger partial charge in [0.2, 0.25) is 0 Å². The Morgan fingerprint density at radius 2 is 1.11 bits per heavy atom. The maximum Gasteiger partial charge on any atom is 0.147 e. The van der Waals surface area contributed by atoms with Crippen molar-refractivity contribution in [3.05, 3.63) is 97.0 Å². The first-order chi connectivity index (χ1) is 26.7. The first-order valence-electron chi connectivity index (χ1n) is 18.7. The van der Waals surface area contributed by atoms with E-state index in [4.69, 9.17) is 11.6 Å². The number of nitrogen functional groups attached to an aromatic ring is 2. The third-order valence-electron chi connectivity index (χ3n) is 9.65. The van der Waals surface area contributed by atoms with E-state index in [1.165, 1.54) is 83.9 Å². The zero-order chi connectivity index (χ0) is 38.6. The molecule has 0 atom stereocenters. The van der Waals surface area contributed by atoms with Crippen molar-refractivity contribution in [2.75, 3.05) is 16.6 Å². The number of Topliss-reactive ketones (excluding diaryl/α,β-unsaturated/α-hetero) is 1. The summed E-state index contributed by atoms with van der Waals surface area (Å²) in [6.45, 7) is 0. The number of hydrazone groups is 1. The summed E-state index contributed by atoms with van der Waals surface area (Å²) >= 11 is 9.89. The Balaban J connectivity index is 0.000000120. The maximum absolute atomic E-state index is 10.2. The number of H-pyrrole nitrogens is 2. The van der Waals surface area contributed by atoms with E-state index in [0.717, 1.165) is 75.9 Å². The molecule has 0 saturated heterocycles. The Morgan fingerprint density at radius 1 is 0.582 bits per heavy atom. The average molecular weight is 937 g/mol. The van der Waals surface area contributed by atoms with Gasteiger partial charge < -0.3 is 21.1 Å². The zero-order valence-corrected chi connectivity index (χ0v) is 35.4. The van der Waals surface area contributed by atoms with Gasteiger partial charge >= 0.3 is 0 Å². The number of rotatable bonds is 3. The smallest absolute Gasteiger partial charge is 0.147 e. The Morgan fingerprint density at radius 3 is 1.65 bits per heavy atom. The minimum Gasteiger partial charge on any atom is -0.384 e. The van der Waals surface area contributed by atoms with Gasteiger partial charge in [0, 0.05) is 40.7 Å². The summed E-state index contributed by atoms with van der Waals surface area (Å²) in [5.74, 6) is 7.58. The van der Waals surface area contributed by atoms with Crippen LogP contribution in [0.15, 0.2) is 79.6 Å². The second-order valence-corrected chi connectivity index (χ2v) is 16.0. The van der Waals surface area contributed by atoms with Gasteiger partial charge in [0.15, 0.2) is 0 Å². The lowest BCUT2D eigenvalue weighted by atomic mass is 10.2. The molecule has 0 radical (unpaired) electrons. The van der Waals surface area contributed by atoms with Crippen LogP contribution in [0.1, 0.15) is 86.7 Å². The van der Waals surface area contributed by atoms with Crippen LogP contribution in [0.3, 0.4) is 0 Å². The van der Waals surface area contributed by atoms with Crippen LogP contribution in [0.25, 0.3) is 22.1 Å². The Kier molecular flexibility index (Phi) is 14.8. The Bertz CT molecular complexity index is 2140. The molecule has 12 nitrogen and oxygen atoms in total. The van der Waals surface area contributed by atoms with Gasteiger partial charge in [-0.25, -0.2) is 25.8 Å². The van der Waals surface area contributed by atoms with Gasteiger partial charge in [0.25, 0.3) is 0 Å². The number of carbonyl (C=O) groups is 1. The molecule has 0 aliphatic heterocycles. The summed E-state index contributed by atoms with van der Waals surface area (Å²) in [5, 5.41) is 6.87. The van der Waals surface area contributed by atoms with Gasteiger partial charge in [-0.15, -0.1) is 0 Å². The molecule has 6 heterocycles. The van der Waals surface area contributed by atoms with Crippen molar-refractivity contribution < 1.29 is 4.79 Å². The van der Waals surface area contributed by atoms with Gasteiger partial charge in [-0.2, -0.15) is 5.10 Å². The highest BCUT2D eigenvalue weighted by atomic mass is 79.9. The lowest BCUT2D eigenvalue weighted by molar-refractivity contribution is -0.117. The van der Waals surface area contributed by atoms with Crippen molar-refractivity contribution in [2.45, 2.75) is 89.9 Å². The summed E-state index contributed by atoms with van der Waals surface area (Å²) in [4.78, 5) is 33.8. The molecule has 8 N–H and O–H groups in total. The summed E-state index contributed by atoms with van der Waals surface area (Å²) in [5.41, 5.74) is 19.9. The highest BCUT2D eigenvalue weighted by Gasteiger charge is 2.18. The van der Waals surface area contributed by atoms with Crippen LogP contribution < -0.4 is 22.4 Å². The van der Waals surface area contributed by atoms with E-state index in [9.17, 15) is 4.79 Å². The van der Waals surface area contributed by atoms with E-state index < -0.39 is 0 Å². The lowest BCUT2D eigenvalue weighted by Crippen LogP contribution is -2.07. The number of nitrogens with zero attached hydrogens (tertiary/aromatic N) is 5. The molecule has 6 aromatic rings. The number of hydrogen-bond donors (Lipinski definition) is 6. The van der Waals surface area contributed by atoms with Crippen molar-refractivity contribution in [1.82, 2.24) is 29.9 Å². The van der Waals surface area contributed by atoms with Crippen LogP contribution in [-0.2, 0) is 30.5 Å². The Labute approximate surface area is 345 Å². The van der Waals surface area contributed by atoms with Gasteiger partial charge in [0.05, 0.1) is 0 Å². The number of ketones is 1. The summed E-state index contributed by atoms with van der Waals surface area (Å²) < 4.78 is 2.51.